The van der Waals surface area contributed by atoms with Crippen LogP contribution in [-0.2, 0) is 23.8 Å². The minimum atomic E-state index is -1.59. The van der Waals surface area contributed by atoms with Crippen molar-refractivity contribution in [1.82, 2.24) is 5.32 Å². The maximum atomic E-state index is 12.9. The van der Waals surface area contributed by atoms with Gasteiger partial charge < -0.3 is 45.1 Å². The Morgan fingerprint density at radius 3 is 1.67 bits per heavy atom. The number of hydrogen-bond acceptors (Lipinski definition) is 10. The van der Waals surface area contributed by atoms with Crippen molar-refractivity contribution in [3.05, 3.63) is 48.6 Å². The predicted molar refractivity (Wildman–Crippen MR) is 260 cm³/mol. The molecule has 7 atom stereocenters. The maximum Gasteiger partial charge on any atom is 0.305 e. The van der Waals surface area contributed by atoms with E-state index in [0.717, 1.165) is 70.6 Å². The van der Waals surface area contributed by atoms with Gasteiger partial charge >= 0.3 is 5.97 Å². The van der Waals surface area contributed by atoms with Crippen molar-refractivity contribution in [1.29, 1.82) is 0 Å². The quantitative estimate of drug-likeness (QED) is 0.0196. The number of hydrogen-bond donors (Lipinski definition) is 6. The molecule has 0 aromatic heterocycles. The van der Waals surface area contributed by atoms with E-state index in [-0.39, 0.29) is 24.9 Å². The first-order valence-corrected chi connectivity index (χ1v) is 25.9. The Bertz CT molecular complexity index is 1210. The van der Waals surface area contributed by atoms with Gasteiger partial charge in [0.1, 0.15) is 24.4 Å². The average molecular weight is 906 g/mol. The number of carbonyl (C=O) groups is 2. The Balaban J connectivity index is 2.25. The number of carbonyl (C=O) groups excluding carboxylic acids is 2. The number of unbranched alkanes of at least 4 members (excludes halogenated alkanes) is 23. The molecule has 0 radical (unpaired) electrons. The van der Waals surface area contributed by atoms with E-state index in [9.17, 15) is 35.1 Å². The SMILES string of the molecule is CCCC/C=C\CCCCCCCC(=O)OCCCCCCCC/C=C\C/C=C\CCC(=O)NC(COC1OC(CO)C(O)C(O)C1O)C(O)/C=C/CCCCCCCCCCCC. The number of allylic oxidation sites excluding steroid dienone is 7. The topological polar surface area (TPSA) is 175 Å². The van der Waals surface area contributed by atoms with Crippen LogP contribution in [0.1, 0.15) is 213 Å². The lowest BCUT2D eigenvalue weighted by atomic mass is 9.99. The Morgan fingerprint density at radius 2 is 1.08 bits per heavy atom. The molecule has 11 heteroatoms. The fraction of sp³-hybridized carbons (Fsp3) is 0.811. The largest absolute Gasteiger partial charge is 0.466 e. The Kier molecular flexibility index (Phi) is 40.3. The molecular formula is C53H95NO10. The van der Waals surface area contributed by atoms with Gasteiger partial charge in [-0.25, -0.2) is 0 Å². The summed E-state index contributed by atoms with van der Waals surface area (Å²) in [6, 6.07) is -0.854. The highest BCUT2D eigenvalue weighted by atomic mass is 16.7. The molecule has 0 aromatic rings. The summed E-state index contributed by atoms with van der Waals surface area (Å²) in [5, 5.41) is 54.1. The van der Waals surface area contributed by atoms with Crippen LogP contribution in [0, 0.1) is 0 Å². The molecule has 1 aliphatic rings. The van der Waals surface area contributed by atoms with Crippen LogP contribution in [0.3, 0.4) is 0 Å². The van der Waals surface area contributed by atoms with E-state index in [1.165, 1.54) is 109 Å². The van der Waals surface area contributed by atoms with Crippen molar-refractivity contribution in [2.24, 2.45) is 0 Å². The molecule has 0 bridgehead atoms. The van der Waals surface area contributed by atoms with Gasteiger partial charge in [0.05, 0.1) is 32.0 Å². The highest BCUT2D eigenvalue weighted by Crippen LogP contribution is 2.22. The van der Waals surface area contributed by atoms with E-state index in [1.807, 2.05) is 18.2 Å². The van der Waals surface area contributed by atoms with Gasteiger partial charge in [0.15, 0.2) is 6.29 Å². The average Bonchev–Trinajstić information content (AvgIpc) is 3.29. The molecule has 7 unspecified atom stereocenters. The van der Waals surface area contributed by atoms with Crippen molar-refractivity contribution < 1.29 is 49.3 Å². The number of rotatable bonds is 43. The van der Waals surface area contributed by atoms with Crippen molar-refractivity contribution in [2.75, 3.05) is 19.8 Å². The zero-order valence-electron chi connectivity index (χ0n) is 40.5. The molecule has 1 aliphatic heterocycles. The molecular weight excluding hydrogens is 811 g/mol. The Labute approximate surface area is 389 Å². The van der Waals surface area contributed by atoms with E-state index < -0.39 is 49.5 Å². The smallest absolute Gasteiger partial charge is 0.305 e. The van der Waals surface area contributed by atoms with Gasteiger partial charge in [-0.15, -0.1) is 0 Å². The first-order chi connectivity index (χ1) is 31.2. The second-order valence-corrected chi connectivity index (χ2v) is 17.9. The van der Waals surface area contributed by atoms with Gasteiger partial charge in [-0.3, -0.25) is 9.59 Å². The highest BCUT2D eigenvalue weighted by Gasteiger charge is 2.44. The standard InChI is InChI=1S/C53H95NO10/c1-3-5-7-9-11-13-15-20-23-27-31-35-39-46(56)45(44-63-53-52(61)51(60)50(59)47(43-55)64-53)54-48(57)40-36-32-28-24-21-17-16-18-22-26-30-34-38-42-62-49(58)41-37-33-29-25-19-14-12-10-8-6-4-2/h10,12,17,21,28,32,35,39,45-47,50-53,55-56,59-61H,3-9,11,13-16,18-20,22-27,29-31,33-34,36-38,40-44H2,1-2H3,(H,54,57)/b12-10-,21-17-,32-28-,39-35+. The van der Waals surface area contributed by atoms with Crippen LogP contribution in [0.4, 0.5) is 0 Å². The third kappa shape index (κ3) is 33.1. The molecule has 11 nitrogen and oxygen atoms in total. The van der Waals surface area contributed by atoms with Gasteiger partial charge in [-0.2, -0.15) is 0 Å². The lowest BCUT2D eigenvalue weighted by Crippen LogP contribution is -2.60. The normalized spacial score (nSPS) is 20.3. The van der Waals surface area contributed by atoms with E-state index >= 15 is 0 Å². The third-order valence-electron chi connectivity index (χ3n) is 11.9. The summed E-state index contributed by atoms with van der Waals surface area (Å²) in [6.45, 7) is 4.18. The Hall–Kier alpha value is -2.38. The first-order valence-electron chi connectivity index (χ1n) is 25.9. The second-order valence-electron chi connectivity index (χ2n) is 17.9. The molecule has 6 N–H and O–H groups in total. The lowest BCUT2D eigenvalue weighted by molar-refractivity contribution is -0.302. The van der Waals surface area contributed by atoms with Gasteiger partial charge in [0, 0.05) is 12.8 Å². The zero-order chi connectivity index (χ0) is 46.7. The van der Waals surface area contributed by atoms with Crippen LogP contribution in [0.25, 0.3) is 0 Å². The molecule has 64 heavy (non-hydrogen) atoms. The molecule has 1 rings (SSSR count). The molecule has 1 saturated heterocycles. The number of aliphatic hydroxyl groups excluding tert-OH is 5. The molecule has 1 fully saturated rings. The monoisotopic (exact) mass is 906 g/mol. The van der Waals surface area contributed by atoms with Crippen molar-refractivity contribution in [3.8, 4) is 0 Å². The third-order valence-corrected chi connectivity index (χ3v) is 11.9. The maximum absolute atomic E-state index is 12.9. The van der Waals surface area contributed by atoms with E-state index in [2.05, 4.69) is 43.5 Å². The molecule has 0 spiro atoms. The summed E-state index contributed by atoms with van der Waals surface area (Å²) in [4.78, 5) is 25.0. The number of nitrogens with one attached hydrogen (secondary N) is 1. The van der Waals surface area contributed by atoms with Crippen LogP contribution in [0.2, 0.25) is 0 Å². The van der Waals surface area contributed by atoms with Crippen molar-refractivity contribution in [3.63, 3.8) is 0 Å². The summed E-state index contributed by atoms with van der Waals surface area (Å²) in [6.07, 6.45) is 42.0. The van der Waals surface area contributed by atoms with Gasteiger partial charge in [0.2, 0.25) is 5.91 Å². The lowest BCUT2D eigenvalue weighted by Gasteiger charge is -2.40. The zero-order valence-corrected chi connectivity index (χ0v) is 40.5. The van der Waals surface area contributed by atoms with E-state index in [4.69, 9.17) is 14.2 Å². The van der Waals surface area contributed by atoms with Crippen LogP contribution >= 0.6 is 0 Å². The first kappa shape index (κ1) is 59.6. The number of ether oxygens (including phenoxy) is 3. The van der Waals surface area contributed by atoms with E-state index in [0.29, 0.717) is 19.4 Å². The molecule has 0 aliphatic carbocycles. The molecule has 0 aromatic carbocycles. The minimum Gasteiger partial charge on any atom is -0.466 e. The number of amides is 1. The van der Waals surface area contributed by atoms with Crippen molar-refractivity contribution in [2.45, 2.75) is 256 Å². The highest BCUT2D eigenvalue weighted by molar-refractivity contribution is 5.76. The van der Waals surface area contributed by atoms with Crippen LogP contribution in [0.15, 0.2) is 48.6 Å². The Morgan fingerprint density at radius 1 is 0.578 bits per heavy atom. The summed E-state index contributed by atoms with van der Waals surface area (Å²) < 4.78 is 16.6. The van der Waals surface area contributed by atoms with Gasteiger partial charge in [0.25, 0.3) is 0 Å². The van der Waals surface area contributed by atoms with Gasteiger partial charge in [-0.05, 0) is 70.6 Å². The number of esters is 1. The molecule has 1 amide bonds. The van der Waals surface area contributed by atoms with Gasteiger partial charge in [-0.1, -0.05) is 178 Å². The van der Waals surface area contributed by atoms with E-state index in [1.54, 1.807) is 6.08 Å². The summed E-state index contributed by atoms with van der Waals surface area (Å²) in [5.41, 5.74) is 0. The molecule has 372 valence electrons. The number of aliphatic hydroxyl groups is 5. The van der Waals surface area contributed by atoms with Crippen LogP contribution in [0.5, 0.6) is 0 Å². The summed E-state index contributed by atoms with van der Waals surface area (Å²) >= 11 is 0. The predicted octanol–water partition coefficient (Wildman–Crippen LogP) is 10.5. The van der Waals surface area contributed by atoms with Crippen LogP contribution < -0.4 is 5.32 Å². The molecule has 1 heterocycles. The fourth-order valence-corrected chi connectivity index (χ4v) is 7.70. The minimum absolute atomic E-state index is 0.0514. The van der Waals surface area contributed by atoms with Crippen molar-refractivity contribution >= 4 is 11.9 Å². The second kappa shape index (κ2) is 43.2. The summed E-state index contributed by atoms with van der Waals surface area (Å²) in [7, 11) is 0. The summed E-state index contributed by atoms with van der Waals surface area (Å²) in [5.74, 6) is -0.316. The fourth-order valence-electron chi connectivity index (χ4n) is 7.70. The molecule has 0 saturated carbocycles. The van der Waals surface area contributed by atoms with Crippen LogP contribution in [-0.4, -0.2) is 100 Å².